The summed E-state index contributed by atoms with van der Waals surface area (Å²) in [6.45, 7) is 0. The van der Waals surface area contributed by atoms with E-state index in [-0.39, 0.29) is 30.0 Å². The zero-order chi connectivity index (χ0) is 15.9. The predicted molar refractivity (Wildman–Crippen MR) is 74.0 cm³/mol. The summed E-state index contributed by atoms with van der Waals surface area (Å²) in [7, 11) is 1.20. The molecule has 21 heavy (non-hydrogen) atoms. The fraction of sp³-hybridized carbons (Fsp3) is 0.222. The molecule has 0 aliphatic carbocycles. The van der Waals surface area contributed by atoms with Crippen molar-refractivity contribution >= 4 is 60.7 Å². The van der Waals surface area contributed by atoms with Crippen LogP contribution in [0.25, 0.3) is 11.2 Å². The molecule has 12 heteroatoms. The summed E-state index contributed by atoms with van der Waals surface area (Å²) in [5.74, 6) is -1.44. The molecular formula is C9H4Br2ClF3N4O2. The van der Waals surface area contributed by atoms with E-state index in [9.17, 15) is 18.0 Å². The number of fused-ring (bicyclic) bond motifs is 1. The van der Waals surface area contributed by atoms with Gasteiger partial charge in [-0.25, -0.2) is 14.8 Å². The summed E-state index contributed by atoms with van der Waals surface area (Å²) >= 11 is 11.9. The highest BCUT2D eigenvalue weighted by Crippen LogP contribution is 2.38. The summed E-state index contributed by atoms with van der Waals surface area (Å²) < 4.78 is 39.3. The Hall–Kier alpha value is -1.07. The number of hydrogen-bond donors (Lipinski definition) is 1. The Morgan fingerprint density at radius 1 is 1.38 bits per heavy atom. The Morgan fingerprint density at radius 3 is 2.52 bits per heavy atom. The van der Waals surface area contributed by atoms with Crippen molar-refractivity contribution in [1.82, 2.24) is 20.0 Å². The molecule has 0 radical (unpaired) electrons. The standard InChI is InChI=1S/C9H4Br2ClF3N4O2/c1-16-8(20)21-19-4-2(10)3(12)5(11)17-6(4)18-7(19)9(13,14)15/h1H3,(H,16,20). The Balaban J connectivity index is 2.82. The average molecular weight is 452 g/mol. The molecule has 2 heterocycles. The third-order valence-electron chi connectivity index (χ3n) is 2.24. The van der Waals surface area contributed by atoms with E-state index in [0.29, 0.717) is 0 Å². The highest BCUT2D eigenvalue weighted by atomic mass is 79.9. The topological polar surface area (TPSA) is 69.0 Å². The van der Waals surface area contributed by atoms with Crippen molar-refractivity contribution in [1.29, 1.82) is 0 Å². The minimum Gasteiger partial charge on any atom is -0.323 e. The maximum atomic E-state index is 13.0. The minimum absolute atomic E-state index is 0.0119. The van der Waals surface area contributed by atoms with Gasteiger partial charge in [-0.3, -0.25) is 0 Å². The summed E-state index contributed by atoms with van der Waals surface area (Å²) in [6, 6.07) is 0. The molecule has 0 aliphatic rings. The van der Waals surface area contributed by atoms with Gasteiger partial charge in [-0.2, -0.15) is 13.2 Å². The first kappa shape index (κ1) is 16.3. The number of pyridine rings is 1. The number of nitrogens with zero attached hydrogens (tertiary/aromatic N) is 3. The van der Waals surface area contributed by atoms with Gasteiger partial charge in [-0.1, -0.05) is 11.6 Å². The van der Waals surface area contributed by atoms with E-state index in [0.717, 1.165) is 0 Å². The van der Waals surface area contributed by atoms with Crippen LogP contribution in [0.3, 0.4) is 0 Å². The molecule has 2 aromatic heterocycles. The van der Waals surface area contributed by atoms with Crippen LogP contribution in [0, 0.1) is 0 Å². The minimum atomic E-state index is -4.85. The number of amides is 1. The second-order valence-electron chi connectivity index (χ2n) is 3.56. The number of aromatic nitrogens is 3. The van der Waals surface area contributed by atoms with E-state index in [2.05, 4.69) is 46.7 Å². The van der Waals surface area contributed by atoms with Crippen LogP contribution in [0.4, 0.5) is 18.0 Å². The fourth-order valence-corrected chi connectivity index (χ4v) is 2.68. The number of rotatable bonds is 1. The molecule has 0 fully saturated rings. The molecule has 0 aromatic carbocycles. The largest absolute Gasteiger partial charge is 0.453 e. The smallest absolute Gasteiger partial charge is 0.323 e. The third-order valence-corrected chi connectivity index (χ3v) is 4.41. The molecule has 2 rings (SSSR count). The number of halogens is 6. The van der Waals surface area contributed by atoms with E-state index in [1.165, 1.54) is 7.05 Å². The van der Waals surface area contributed by atoms with E-state index < -0.39 is 18.1 Å². The van der Waals surface area contributed by atoms with Gasteiger partial charge in [0, 0.05) is 7.05 Å². The number of hydrogen-bond acceptors (Lipinski definition) is 4. The van der Waals surface area contributed by atoms with Crippen LogP contribution in [0.15, 0.2) is 9.08 Å². The molecule has 0 atom stereocenters. The molecule has 0 saturated carbocycles. The molecule has 0 saturated heterocycles. The lowest BCUT2D eigenvalue weighted by Gasteiger charge is -2.11. The molecular weight excluding hydrogens is 448 g/mol. The summed E-state index contributed by atoms with van der Waals surface area (Å²) in [5, 5.41) is 2.05. The number of alkyl halides is 3. The van der Waals surface area contributed by atoms with Gasteiger partial charge in [-0.05, 0) is 31.9 Å². The van der Waals surface area contributed by atoms with Gasteiger partial charge in [0.05, 0.1) is 9.50 Å². The van der Waals surface area contributed by atoms with E-state index >= 15 is 0 Å². The van der Waals surface area contributed by atoms with E-state index in [1.807, 2.05) is 5.32 Å². The van der Waals surface area contributed by atoms with Gasteiger partial charge in [0.1, 0.15) is 10.1 Å². The van der Waals surface area contributed by atoms with Crippen molar-refractivity contribution in [2.45, 2.75) is 6.18 Å². The average Bonchev–Trinajstić information content (AvgIpc) is 2.74. The van der Waals surface area contributed by atoms with Crippen molar-refractivity contribution in [3.63, 3.8) is 0 Å². The second kappa shape index (κ2) is 5.61. The van der Waals surface area contributed by atoms with Crippen LogP contribution in [-0.2, 0) is 6.18 Å². The Kier molecular flexibility index (Phi) is 4.36. The first-order chi connectivity index (χ1) is 9.66. The van der Waals surface area contributed by atoms with Gasteiger partial charge in [0.15, 0.2) is 5.65 Å². The van der Waals surface area contributed by atoms with Crippen molar-refractivity contribution < 1.29 is 22.8 Å². The molecule has 0 spiro atoms. The molecule has 0 unspecified atom stereocenters. The second-order valence-corrected chi connectivity index (χ2v) is 5.48. The summed E-state index contributed by atoms with van der Waals surface area (Å²) in [6.07, 6.45) is -5.96. The third kappa shape index (κ3) is 2.94. The first-order valence-corrected chi connectivity index (χ1v) is 7.03. The zero-order valence-electron chi connectivity index (χ0n) is 9.93. The van der Waals surface area contributed by atoms with Crippen LogP contribution in [-0.4, -0.2) is 27.8 Å². The lowest BCUT2D eigenvalue weighted by molar-refractivity contribution is -0.152. The fourth-order valence-electron chi connectivity index (χ4n) is 1.39. The molecule has 114 valence electrons. The quantitative estimate of drug-likeness (QED) is 0.674. The van der Waals surface area contributed by atoms with Crippen LogP contribution in [0.2, 0.25) is 5.02 Å². The summed E-state index contributed by atoms with van der Waals surface area (Å²) in [4.78, 5) is 22.9. The number of imidazole rings is 1. The van der Waals surface area contributed by atoms with Crippen LogP contribution < -0.4 is 10.2 Å². The first-order valence-electron chi connectivity index (χ1n) is 5.07. The van der Waals surface area contributed by atoms with Crippen molar-refractivity contribution in [2.75, 3.05) is 7.05 Å². The van der Waals surface area contributed by atoms with E-state index in [4.69, 9.17) is 11.6 Å². The SMILES string of the molecule is CNC(=O)On1c(C(F)(F)F)nc2nc(Br)c(Cl)c(Br)c21. The molecule has 1 amide bonds. The number of carbonyl (C=O) groups is 1. The predicted octanol–water partition coefficient (Wildman–Crippen LogP) is 3.40. The van der Waals surface area contributed by atoms with Crippen molar-refractivity contribution in [3.05, 3.63) is 19.9 Å². The molecule has 2 aromatic rings. The highest BCUT2D eigenvalue weighted by Gasteiger charge is 2.40. The Bertz CT molecular complexity index is 734. The molecule has 0 aliphatic heterocycles. The Labute approximate surface area is 136 Å². The van der Waals surface area contributed by atoms with Crippen LogP contribution >= 0.6 is 43.5 Å². The van der Waals surface area contributed by atoms with Gasteiger partial charge < -0.3 is 10.2 Å². The highest BCUT2D eigenvalue weighted by molar-refractivity contribution is 9.11. The van der Waals surface area contributed by atoms with Crippen molar-refractivity contribution in [3.8, 4) is 0 Å². The lowest BCUT2D eigenvalue weighted by atomic mass is 10.4. The van der Waals surface area contributed by atoms with Gasteiger partial charge in [-0.15, -0.1) is 4.73 Å². The lowest BCUT2D eigenvalue weighted by Crippen LogP contribution is -2.31. The molecule has 0 bridgehead atoms. The monoisotopic (exact) mass is 450 g/mol. The molecule has 1 N–H and O–H groups in total. The zero-order valence-corrected chi connectivity index (χ0v) is 13.9. The summed E-state index contributed by atoms with van der Waals surface area (Å²) in [5.41, 5.74) is -0.520. The van der Waals surface area contributed by atoms with Crippen LogP contribution in [0.5, 0.6) is 0 Å². The van der Waals surface area contributed by atoms with Gasteiger partial charge in [0.25, 0.3) is 5.82 Å². The normalized spacial score (nSPS) is 11.8. The Morgan fingerprint density at radius 2 is 2.00 bits per heavy atom. The number of nitrogens with one attached hydrogen (secondary N) is 1. The molecule has 6 nitrogen and oxygen atoms in total. The maximum absolute atomic E-state index is 13.0. The van der Waals surface area contributed by atoms with Gasteiger partial charge in [0.2, 0.25) is 0 Å². The maximum Gasteiger partial charge on any atom is 0.453 e. The number of carbonyl (C=O) groups excluding carboxylic acids is 1. The van der Waals surface area contributed by atoms with Crippen molar-refractivity contribution in [2.24, 2.45) is 0 Å². The van der Waals surface area contributed by atoms with E-state index in [1.54, 1.807) is 0 Å². The van der Waals surface area contributed by atoms with Crippen LogP contribution in [0.1, 0.15) is 5.82 Å². The van der Waals surface area contributed by atoms with Gasteiger partial charge >= 0.3 is 12.3 Å².